The average molecular weight is 342 g/mol. The summed E-state index contributed by atoms with van der Waals surface area (Å²) < 4.78 is 13.2. The van der Waals surface area contributed by atoms with Crippen molar-refractivity contribution in [3.63, 3.8) is 0 Å². The van der Waals surface area contributed by atoms with Crippen LogP contribution >= 0.6 is 24.0 Å². The predicted molar refractivity (Wildman–Crippen MR) is 89.0 cm³/mol. The molecule has 2 nitrogen and oxygen atoms in total. The Morgan fingerprint density at radius 1 is 1.14 bits per heavy atom. The first-order valence-corrected chi connectivity index (χ1v) is 7.46. The number of nitrogens with one attached hydrogen (secondary N) is 1. The van der Waals surface area contributed by atoms with Gasteiger partial charge in [-0.3, -0.25) is 0 Å². The molecule has 0 amide bonds. The van der Waals surface area contributed by atoms with E-state index in [0.717, 1.165) is 18.4 Å². The summed E-state index contributed by atoms with van der Waals surface area (Å²) in [5.74, 6) is -0.321. The Labute approximate surface area is 140 Å². The summed E-state index contributed by atoms with van der Waals surface area (Å²) in [6.45, 7) is 0. The molecule has 2 aromatic carbocycles. The molecule has 5 heteroatoms. The third-order valence-electron chi connectivity index (χ3n) is 4.03. The zero-order valence-corrected chi connectivity index (χ0v) is 13.4. The number of aliphatic hydroxyl groups is 1. The Bertz CT molecular complexity index is 620. The fourth-order valence-electron chi connectivity index (χ4n) is 2.90. The number of hydrogen-bond donors (Lipinski definition) is 2. The van der Waals surface area contributed by atoms with Gasteiger partial charge in [0.05, 0.1) is 6.10 Å². The lowest BCUT2D eigenvalue weighted by Crippen LogP contribution is -2.30. The summed E-state index contributed by atoms with van der Waals surface area (Å²) in [7, 11) is 0. The van der Waals surface area contributed by atoms with Crippen LogP contribution in [-0.2, 0) is 0 Å². The van der Waals surface area contributed by atoms with E-state index in [1.807, 2.05) is 24.3 Å². The van der Waals surface area contributed by atoms with Gasteiger partial charge in [0.25, 0.3) is 0 Å². The van der Waals surface area contributed by atoms with Gasteiger partial charge in [0, 0.05) is 17.1 Å². The summed E-state index contributed by atoms with van der Waals surface area (Å²) >= 11 is 5.90. The SMILES string of the molecule is Cl.O[C@@H](c1cccc(F)c1)[C@H]1CC[C@@H](c2ccc(Cl)cc2)N1. The molecule has 0 saturated carbocycles. The molecular weight excluding hydrogens is 324 g/mol. The maximum absolute atomic E-state index is 13.2. The smallest absolute Gasteiger partial charge is 0.123 e. The van der Waals surface area contributed by atoms with Crippen LogP contribution in [0.15, 0.2) is 48.5 Å². The van der Waals surface area contributed by atoms with Crippen LogP contribution in [0, 0.1) is 5.82 Å². The molecular formula is C17H18Cl2FNO. The molecule has 1 aliphatic rings. The number of benzene rings is 2. The van der Waals surface area contributed by atoms with Crippen LogP contribution in [0.4, 0.5) is 4.39 Å². The maximum atomic E-state index is 13.2. The number of hydrogen-bond acceptors (Lipinski definition) is 2. The first-order valence-electron chi connectivity index (χ1n) is 7.08. The number of halogens is 3. The van der Waals surface area contributed by atoms with Gasteiger partial charge in [-0.15, -0.1) is 12.4 Å². The van der Waals surface area contributed by atoms with Gasteiger partial charge in [0.15, 0.2) is 0 Å². The monoisotopic (exact) mass is 341 g/mol. The Morgan fingerprint density at radius 3 is 2.55 bits per heavy atom. The summed E-state index contributed by atoms with van der Waals surface area (Å²) in [4.78, 5) is 0. The summed E-state index contributed by atoms with van der Waals surface area (Å²) in [5, 5.41) is 14.5. The topological polar surface area (TPSA) is 32.3 Å². The van der Waals surface area contributed by atoms with Crippen LogP contribution in [0.25, 0.3) is 0 Å². The van der Waals surface area contributed by atoms with Gasteiger partial charge in [0.2, 0.25) is 0 Å². The average Bonchev–Trinajstić information content (AvgIpc) is 2.97. The van der Waals surface area contributed by atoms with Crippen molar-refractivity contribution in [2.24, 2.45) is 0 Å². The van der Waals surface area contributed by atoms with Crippen molar-refractivity contribution in [2.75, 3.05) is 0 Å². The zero-order valence-electron chi connectivity index (χ0n) is 11.9. The molecule has 0 spiro atoms. The highest BCUT2D eigenvalue weighted by molar-refractivity contribution is 6.30. The fraction of sp³-hybridized carbons (Fsp3) is 0.294. The van der Waals surface area contributed by atoms with Gasteiger partial charge >= 0.3 is 0 Å². The lowest BCUT2D eigenvalue weighted by atomic mass is 10.0. The zero-order chi connectivity index (χ0) is 14.8. The molecule has 0 unspecified atom stereocenters. The third kappa shape index (κ3) is 3.79. The van der Waals surface area contributed by atoms with Gasteiger partial charge < -0.3 is 10.4 Å². The van der Waals surface area contributed by atoms with Crippen molar-refractivity contribution in [1.29, 1.82) is 0 Å². The summed E-state index contributed by atoms with van der Waals surface area (Å²) in [5.41, 5.74) is 1.78. The molecule has 2 aromatic rings. The van der Waals surface area contributed by atoms with E-state index in [9.17, 15) is 9.50 Å². The molecule has 1 aliphatic heterocycles. The molecule has 118 valence electrons. The van der Waals surface area contributed by atoms with E-state index >= 15 is 0 Å². The molecule has 3 rings (SSSR count). The number of rotatable bonds is 3. The molecule has 3 atom stereocenters. The third-order valence-corrected chi connectivity index (χ3v) is 4.28. The highest BCUT2D eigenvalue weighted by atomic mass is 35.5. The van der Waals surface area contributed by atoms with E-state index in [4.69, 9.17) is 11.6 Å². The molecule has 0 aromatic heterocycles. The van der Waals surface area contributed by atoms with Crippen molar-refractivity contribution >= 4 is 24.0 Å². The first-order chi connectivity index (χ1) is 10.1. The molecule has 2 N–H and O–H groups in total. The standard InChI is InChI=1S/C17H17ClFNO.ClH/c18-13-6-4-11(5-7-13)15-8-9-16(20-15)17(21)12-2-1-3-14(19)10-12;/h1-7,10,15-17,20-21H,8-9H2;1H/t15-,16+,17-;/m0./s1. The lowest BCUT2D eigenvalue weighted by molar-refractivity contribution is 0.135. The normalized spacial score (nSPS) is 22.1. The predicted octanol–water partition coefficient (Wildman–Crippen LogP) is 4.43. The Kier molecular flexibility index (Phi) is 5.81. The van der Waals surface area contributed by atoms with Crippen LogP contribution < -0.4 is 5.32 Å². The second kappa shape index (κ2) is 7.42. The molecule has 0 radical (unpaired) electrons. The Hall–Kier alpha value is -1.13. The van der Waals surface area contributed by atoms with Crippen LogP contribution in [0.3, 0.4) is 0 Å². The maximum Gasteiger partial charge on any atom is 0.123 e. The fourth-order valence-corrected chi connectivity index (χ4v) is 3.03. The van der Waals surface area contributed by atoms with E-state index in [2.05, 4.69) is 5.32 Å². The van der Waals surface area contributed by atoms with Gasteiger partial charge in [-0.25, -0.2) is 4.39 Å². The summed E-state index contributed by atoms with van der Waals surface area (Å²) in [6.07, 6.45) is 1.10. The molecule has 22 heavy (non-hydrogen) atoms. The quantitative estimate of drug-likeness (QED) is 0.865. The van der Waals surface area contributed by atoms with E-state index in [1.54, 1.807) is 12.1 Å². The molecule has 1 saturated heterocycles. The van der Waals surface area contributed by atoms with Gasteiger partial charge in [-0.1, -0.05) is 35.9 Å². The largest absolute Gasteiger partial charge is 0.387 e. The lowest BCUT2D eigenvalue weighted by Gasteiger charge is -2.20. The van der Waals surface area contributed by atoms with Gasteiger partial charge in [-0.2, -0.15) is 0 Å². The highest BCUT2D eigenvalue weighted by Crippen LogP contribution is 2.32. The van der Waals surface area contributed by atoms with E-state index in [-0.39, 0.29) is 30.3 Å². The Morgan fingerprint density at radius 2 is 1.86 bits per heavy atom. The van der Waals surface area contributed by atoms with Crippen LogP contribution in [0.1, 0.15) is 36.1 Å². The van der Waals surface area contributed by atoms with Gasteiger partial charge in [0.1, 0.15) is 5.82 Å². The van der Waals surface area contributed by atoms with E-state index in [1.165, 1.54) is 12.1 Å². The second-order valence-electron chi connectivity index (χ2n) is 5.45. The van der Waals surface area contributed by atoms with Crippen molar-refractivity contribution in [3.8, 4) is 0 Å². The molecule has 1 heterocycles. The molecule has 0 bridgehead atoms. The minimum Gasteiger partial charge on any atom is -0.387 e. The van der Waals surface area contributed by atoms with Crippen LogP contribution in [0.5, 0.6) is 0 Å². The van der Waals surface area contributed by atoms with Crippen molar-refractivity contribution in [1.82, 2.24) is 5.32 Å². The highest BCUT2D eigenvalue weighted by Gasteiger charge is 2.30. The number of aliphatic hydroxyl groups excluding tert-OH is 1. The van der Waals surface area contributed by atoms with Crippen molar-refractivity contribution < 1.29 is 9.50 Å². The van der Waals surface area contributed by atoms with Crippen molar-refractivity contribution in [2.45, 2.75) is 31.0 Å². The summed E-state index contributed by atoms with van der Waals surface area (Å²) in [6, 6.07) is 14.0. The second-order valence-corrected chi connectivity index (χ2v) is 5.89. The van der Waals surface area contributed by atoms with E-state index < -0.39 is 6.10 Å². The minimum absolute atomic E-state index is 0. The van der Waals surface area contributed by atoms with E-state index in [0.29, 0.717) is 10.6 Å². The molecule has 1 fully saturated rings. The molecule has 0 aliphatic carbocycles. The minimum atomic E-state index is -0.696. The van der Waals surface area contributed by atoms with Crippen LogP contribution in [-0.4, -0.2) is 11.1 Å². The Balaban J connectivity index is 0.00000176. The van der Waals surface area contributed by atoms with Crippen LogP contribution in [0.2, 0.25) is 5.02 Å². The van der Waals surface area contributed by atoms with Crippen molar-refractivity contribution in [3.05, 3.63) is 70.5 Å². The van der Waals surface area contributed by atoms with Gasteiger partial charge in [-0.05, 0) is 48.2 Å². The first kappa shape index (κ1) is 17.2.